The average molecular weight is 230 g/mol. The Bertz CT molecular complexity index is 223. The molecular formula is C12H26N2O2. The van der Waals surface area contributed by atoms with Gasteiger partial charge in [0, 0.05) is 13.7 Å². The molecule has 0 saturated carbocycles. The molecule has 0 aromatic rings. The predicted octanol–water partition coefficient (Wildman–Crippen LogP) is 1.29. The van der Waals surface area contributed by atoms with Gasteiger partial charge in [-0.3, -0.25) is 4.79 Å². The van der Waals surface area contributed by atoms with Gasteiger partial charge in [-0.1, -0.05) is 20.8 Å². The smallest absolute Gasteiger partial charge is 0.251 e. The van der Waals surface area contributed by atoms with Gasteiger partial charge in [-0.2, -0.15) is 0 Å². The van der Waals surface area contributed by atoms with E-state index in [1.807, 2.05) is 6.92 Å². The van der Waals surface area contributed by atoms with Crippen molar-refractivity contribution >= 4 is 5.91 Å². The molecule has 0 aliphatic carbocycles. The van der Waals surface area contributed by atoms with Crippen LogP contribution in [0.15, 0.2) is 0 Å². The SMILES string of the molecule is CCC(C)(OC)C(=O)NCC(C)(C)CCN. The van der Waals surface area contributed by atoms with Crippen molar-refractivity contribution in [3.63, 3.8) is 0 Å². The quantitative estimate of drug-likeness (QED) is 0.692. The van der Waals surface area contributed by atoms with E-state index in [9.17, 15) is 4.79 Å². The zero-order valence-electron chi connectivity index (χ0n) is 11.2. The highest BCUT2D eigenvalue weighted by Crippen LogP contribution is 2.19. The molecule has 4 heteroatoms. The number of ether oxygens (including phenoxy) is 1. The fourth-order valence-electron chi connectivity index (χ4n) is 1.38. The first kappa shape index (κ1) is 15.4. The fraction of sp³-hybridized carbons (Fsp3) is 0.917. The van der Waals surface area contributed by atoms with Crippen molar-refractivity contribution in [2.24, 2.45) is 11.1 Å². The summed E-state index contributed by atoms with van der Waals surface area (Å²) in [4.78, 5) is 11.9. The molecule has 0 fully saturated rings. The number of hydrogen-bond donors (Lipinski definition) is 2. The second-order valence-corrected chi connectivity index (χ2v) is 5.17. The Morgan fingerprint density at radius 2 is 1.94 bits per heavy atom. The number of methoxy groups -OCH3 is 1. The van der Waals surface area contributed by atoms with Crippen LogP contribution in [-0.2, 0) is 9.53 Å². The summed E-state index contributed by atoms with van der Waals surface area (Å²) < 4.78 is 5.24. The van der Waals surface area contributed by atoms with Crippen molar-refractivity contribution in [3.05, 3.63) is 0 Å². The standard InChI is InChI=1S/C12H26N2O2/c1-6-12(4,16-5)10(15)14-9-11(2,3)7-8-13/h6-9,13H2,1-5H3,(H,14,15). The van der Waals surface area contributed by atoms with Gasteiger partial charge in [0.15, 0.2) is 0 Å². The molecule has 0 radical (unpaired) electrons. The first-order valence-electron chi connectivity index (χ1n) is 5.85. The minimum absolute atomic E-state index is 0.0345. The van der Waals surface area contributed by atoms with Gasteiger partial charge >= 0.3 is 0 Å². The molecule has 1 unspecified atom stereocenters. The van der Waals surface area contributed by atoms with E-state index < -0.39 is 5.60 Å². The lowest BCUT2D eigenvalue weighted by molar-refractivity contribution is -0.142. The first-order chi connectivity index (χ1) is 7.31. The molecule has 3 N–H and O–H groups in total. The Balaban J connectivity index is 4.26. The number of nitrogens with one attached hydrogen (secondary N) is 1. The minimum Gasteiger partial charge on any atom is -0.369 e. The highest BCUT2D eigenvalue weighted by molar-refractivity contribution is 5.84. The van der Waals surface area contributed by atoms with Crippen LogP contribution in [0.4, 0.5) is 0 Å². The topological polar surface area (TPSA) is 64.3 Å². The van der Waals surface area contributed by atoms with Crippen LogP contribution in [0.5, 0.6) is 0 Å². The van der Waals surface area contributed by atoms with Crippen LogP contribution >= 0.6 is 0 Å². The summed E-state index contributed by atoms with van der Waals surface area (Å²) in [5.41, 5.74) is 4.83. The maximum Gasteiger partial charge on any atom is 0.251 e. The lowest BCUT2D eigenvalue weighted by Crippen LogP contribution is -2.48. The number of rotatable bonds is 7. The van der Waals surface area contributed by atoms with Gasteiger partial charge in [0.2, 0.25) is 0 Å². The van der Waals surface area contributed by atoms with Crippen LogP contribution < -0.4 is 11.1 Å². The summed E-state index contributed by atoms with van der Waals surface area (Å²) in [7, 11) is 1.56. The highest BCUT2D eigenvalue weighted by Gasteiger charge is 2.31. The Hall–Kier alpha value is -0.610. The molecule has 1 atom stereocenters. The first-order valence-corrected chi connectivity index (χ1v) is 5.85. The summed E-state index contributed by atoms with van der Waals surface area (Å²) in [6.45, 7) is 9.19. The Morgan fingerprint density at radius 3 is 2.31 bits per heavy atom. The third-order valence-electron chi connectivity index (χ3n) is 3.15. The summed E-state index contributed by atoms with van der Waals surface area (Å²) in [5, 5.41) is 2.93. The van der Waals surface area contributed by atoms with Crippen LogP contribution in [0.25, 0.3) is 0 Å². The summed E-state index contributed by atoms with van der Waals surface area (Å²) >= 11 is 0. The van der Waals surface area contributed by atoms with Crippen molar-refractivity contribution in [1.82, 2.24) is 5.32 Å². The van der Waals surface area contributed by atoms with Crippen LogP contribution in [0.2, 0.25) is 0 Å². The lowest BCUT2D eigenvalue weighted by atomic mass is 9.89. The Kier molecular flexibility index (Phi) is 5.97. The van der Waals surface area contributed by atoms with Gasteiger partial charge in [-0.15, -0.1) is 0 Å². The molecule has 16 heavy (non-hydrogen) atoms. The van der Waals surface area contributed by atoms with Crippen molar-refractivity contribution in [1.29, 1.82) is 0 Å². The predicted molar refractivity (Wildman–Crippen MR) is 66.2 cm³/mol. The lowest BCUT2D eigenvalue weighted by Gasteiger charge is -2.29. The second kappa shape index (κ2) is 6.21. The number of amides is 1. The molecule has 0 heterocycles. The molecule has 4 nitrogen and oxygen atoms in total. The molecule has 1 amide bonds. The fourth-order valence-corrected chi connectivity index (χ4v) is 1.38. The maximum absolute atomic E-state index is 11.9. The van der Waals surface area contributed by atoms with Crippen LogP contribution in [0.1, 0.15) is 40.5 Å². The largest absolute Gasteiger partial charge is 0.369 e. The van der Waals surface area contributed by atoms with Gasteiger partial charge in [0.1, 0.15) is 5.60 Å². The van der Waals surface area contributed by atoms with Crippen molar-refractivity contribution in [2.45, 2.75) is 46.1 Å². The molecule has 0 aliphatic heterocycles. The van der Waals surface area contributed by atoms with Crippen LogP contribution in [-0.4, -0.2) is 31.7 Å². The molecule has 0 saturated heterocycles. The minimum atomic E-state index is -0.723. The zero-order valence-corrected chi connectivity index (χ0v) is 11.2. The Labute approximate surface area is 98.9 Å². The van der Waals surface area contributed by atoms with Crippen molar-refractivity contribution < 1.29 is 9.53 Å². The van der Waals surface area contributed by atoms with E-state index in [2.05, 4.69) is 19.2 Å². The third-order valence-corrected chi connectivity index (χ3v) is 3.15. The van der Waals surface area contributed by atoms with Crippen molar-refractivity contribution in [2.75, 3.05) is 20.2 Å². The van der Waals surface area contributed by atoms with E-state index in [4.69, 9.17) is 10.5 Å². The molecule has 0 bridgehead atoms. The number of hydrogen-bond acceptors (Lipinski definition) is 3. The van der Waals surface area contributed by atoms with E-state index in [1.165, 1.54) is 0 Å². The van der Waals surface area contributed by atoms with Gasteiger partial charge in [-0.05, 0) is 31.7 Å². The van der Waals surface area contributed by atoms with Crippen LogP contribution in [0.3, 0.4) is 0 Å². The third kappa shape index (κ3) is 4.49. The molecule has 96 valence electrons. The number of carbonyl (C=O) groups is 1. The Morgan fingerprint density at radius 1 is 1.38 bits per heavy atom. The molecule has 0 aromatic carbocycles. The van der Waals surface area contributed by atoms with Crippen LogP contribution in [0, 0.1) is 5.41 Å². The number of carbonyl (C=O) groups excluding carboxylic acids is 1. The van der Waals surface area contributed by atoms with Crippen molar-refractivity contribution in [3.8, 4) is 0 Å². The van der Waals surface area contributed by atoms with E-state index in [0.29, 0.717) is 19.5 Å². The van der Waals surface area contributed by atoms with E-state index in [1.54, 1.807) is 14.0 Å². The molecular weight excluding hydrogens is 204 g/mol. The monoisotopic (exact) mass is 230 g/mol. The van der Waals surface area contributed by atoms with E-state index >= 15 is 0 Å². The molecule has 0 aliphatic rings. The summed E-state index contributed by atoms with van der Waals surface area (Å²) in [5.74, 6) is -0.0532. The summed E-state index contributed by atoms with van der Waals surface area (Å²) in [6, 6.07) is 0. The zero-order chi connectivity index (χ0) is 12.8. The molecule has 0 spiro atoms. The molecule has 0 aromatic heterocycles. The van der Waals surface area contributed by atoms with Gasteiger partial charge in [-0.25, -0.2) is 0 Å². The van der Waals surface area contributed by atoms with E-state index in [0.717, 1.165) is 6.42 Å². The number of nitrogens with two attached hydrogens (primary N) is 1. The molecule has 0 rings (SSSR count). The second-order valence-electron chi connectivity index (χ2n) is 5.17. The van der Waals surface area contributed by atoms with Gasteiger partial charge < -0.3 is 15.8 Å². The van der Waals surface area contributed by atoms with Gasteiger partial charge in [0.05, 0.1) is 0 Å². The summed E-state index contributed by atoms with van der Waals surface area (Å²) in [6.07, 6.45) is 1.55. The highest BCUT2D eigenvalue weighted by atomic mass is 16.5. The van der Waals surface area contributed by atoms with Gasteiger partial charge in [0.25, 0.3) is 5.91 Å². The maximum atomic E-state index is 11.9. The average Bonchev–Trinajstić information content (AvgIpc) is 2.24. The normalized spacial score (nSPS) is 15.6. The van der Waals surface area contributed by atoms with E-state index in [-0.39, 0.29) is 11.3 Å².